The van der Waals surface area contributed by atoms with Gasteiger partial charge in [0, 0.05) is 18.2 Å². The molecule has 2 aromatic carbocycles. The van der Waals surface area contributed by atoms with Crippen LogP contribution >= 0.6 is 0 Å². The van der Waals surface area contributed by atoms with Crippen LogP contribution in [0.3, 0.4) is 0 Å². The van der Waals surface area contributed by atoms with Crippen LogP contribution in [-0.4, -0.2) is 119 Å². The Labute approximate surface area is 237 Å². The predicted octanol–water partition coefficient (Wildman–Crippen LogP) is -0.766. The first-order valence-corrected chi connectivity index (χ1v) is 12.9. The maximum atomic E-state index is 10.7. The van der Waals surface area contributed by atoms with E-state index in [2.05, 4.69) is 0 Å². The number of phenolic OH excluding ortho intramolecular Hbond substituents is 4. The van der Waals surface area contributed by atoms with E-state index < -0.39 is 85.3 Å². The molecular formula is C27H31O15+. The highest BCUT2D eigenvalue weighted by Crippen LogP contribution is 2.42. The lowest BCUT2D eigenvalue weighted by Crippen LogP contribution is -2.61. The van der Waals surface area contributed by atoms with Crippen molar-refractivity contribution in [1.29, 1.82) is 0 Å². The molecule has 15 nitrogen and oxygen atoms in total. The van der Waals surface area contributed by atoms with Gasteiger partial charge in [-0.25, -0.2) is 4.42 Å². The fourth-order valence-corrected chi connectivity index (χ4v) is 4.76. The summed E-state index contributed by atoms with van der Waals surface area (Å²) in [6.45, 7) is 0.925. The summed E-state index contributed by atoms with van der Waals surface area (Å²) in [6.07, 6.45) is -15.3. The average molecular weight is 596 g/mol. The number of aromatic hydroxyl groups is 4. The lowest BCUT2D eigenvalue weighted by atomic mass is 9.98. The molecule has 15 heteroatoms. The molecule has 5 rings (SSSR count). The van der Waals surface area contributed by atoms with Crippen LogP contribution in [0.2, 0.25) is 0 Å². The van der Waals surface area contributed by atoms with Gasteiger partial charge < -0.3 is 70.0 Å². The molecule has 3 aromatic rings. The van der Waals surface area contributed by atoms with Crippen LogP contribution in [0.1, 0.15) is 6.92 Å². The summed E-state index contributed by atoms with van der Waals surface area (Å²) in [7, 11) is 0. The topological polar surface area (TPSA) is 251 Å². The minimum absolute atomic E-state index is 0.00170. The predicted molar refractivity (Wildman–Crippen MR) is 138 cm³/mol. The second-order valence-corrected chi connectivity index (χ2v) is 10.2. The molecule has 10 N–H and O–H groups in total. The third-order valence-corrected chi connectivity index (χ3v) is 7.20. The summed E-state index contributed by atoms with van der Waals surface area (Å²) < 4.78 is 28.3. The van der Waals surface area contributed by atoms with Gasteiger partial charge in [-0.3, -0.25) is 0 Å². The average Bonchev–Trinajstić information content (AvgIpc) is 2.95. The summed E-state index contributed by atoms with van der Waals surface area (Å²) >= 11 is 0. The number of benzene rings is 2. The molecule has 228 valence electrons. The van der Waals surface area contributed by atoms with Crippen molar-refractivity contribution in [2.24, 2.45) is 0 Å². The number of hydrogen-bond acceptors (Lipinski definition) is 14. The van der Waals surface area contributed by atoms with E-state index in [1.54, 1.807) is 0 Å². The third-order valence-electron chi connectivity index (χ3n) is 7.20. The van der Waals surface area contributed by atoms with Gasteiger partial charge in [-0.05, 0) is 19.1 Å². The van der Waals surface area contributed by atoms with Gasteiger partial charge >= 0.3 is 11.3 Å². The summed E-state index contributed by atoms with van der Waals surface area (Å²) in [5, 5.41) is 102. The molecule has 0 saturated carbocycles. The van der Waals surface area contributed by atoms with Crippen LogP contribution in [0.5, 0.6) is 28.7 Å². The Morgan fingerprint density at radius 1 is 0.714 bits per heavy atom. The van der Waals surface area contributed by atoms with E-state index in [0.717, 1.165) is 12.1 Å². The molecule has 2 saturated heterocycles. The molecule has 2 aliphatic heterocycles. The van der Waals surface area contributed by atoms with Crippen LogP contribution in [0.15, 0.2) is 40.8 Å². The molecule has 0 radical (unpaired) electrons. The fraction of sp³-hybridized carbons (Fsp3) is 0.444. The molecule has 2 fully saturated rings. The van der Waals surface area contributed by atoms with Crippen molar-refractivity contribution >= 4 is 11.0 Å². The molecular weight excluding hydrogens is 564 g/mol. The number of hydrogen-bond donors (Lipinski definition) is 10. The standard InChI is InChI=1S/C27H30O15/c1-9-19(32)21(34)23(36)26(39-9)38-8-18-20(33)22(35)24(37)27(42-18)41-17-7-12-14(30)5-11(28)6-16(12)40-25(17)10-2-3-13(29)15(31)4-10/h2-7,9,18-24,26-27,32-37H,8H2,1H3,(H3-,28,29,30,31)/p+1/t9-,18+,19-,20+,21+,22-,23+,24+,26+,27+/m0/s1. The van der Waals surface area contributed by atoms with Crippen LogP contribution in [-0.2, 0) is 14.2 Å². The molecule has 0 aliphatic carbocycles. The van der Waals surface area contributed by atoms with Crippen molar-refractivity contribution in [3.63, 3.8) is 0 Å². The van der Waals surface area contributed by atoms with Gasteiger partial charge in [0.2, 0.25) is 12.0 Å². The zero-order valence-corrected chi connectivity index (χ0v) is 22.0. The van der Waals surface area contributed by atoms with Gasteiger partial charge in [0.1, 0.15) is 59.6 Å². The molecule has 0 spiro atoms. The van der Waals surface area contributed by atoms with Gasteiger partial charge in [0.05, 0.1) is 24.3 Å². The quantitative estimate of drug-likeness (QED) is 0.124. The minimum Gasteiger partial charge on any atom is -0.507 e. The van der Waals surface area contributed by atoms with Crippen molar-refractivity contribution in [3.8, 4) is 40.1 Å². The van der Waals surface area contributed by atoms with Crippen molar-refractivity contribution in [3.05, 3.63) is 36.4 Å². The van der Waals surface area contributed by atoms with Gasteiger partial charge in [-0.1, -0.05) is 0 Å². The molecule has 2 aliphatic rings. The molecule has 3 heterocycles. The van der Waals surface area contributed by atoms with Crippen LogP contribution < -0.4 is 4.74 Å². The molecule has 1 aromatic heterocycles. The minimum atomic E-state index is -1.82. The Morgan fingerprint density at radius 2 is 1.40 bits per heavy atom. The van der Waals surface area contributed by atoms with E-state index in [-0.39, 0.29) is 33.8 Å². The first-order valence-electron chi connectivity index (χ1n) is 12.9. The van der Waals surface area contributed by atoms with E-state index in [0.29, 0.717) is 0 Å². The lowest BCUT2D eigenvalue weighted by Gasteiger charge is -2.42. The van der Waals surface area contributed by atoms with E-state index in [9.17, 15) is 51.1 Å². The van der Waals surface area contributed by atoms with Crippen molar-refractivity contribution < 1.29 is 74.4 Å². The third kappa shape index (κ3) is 5.61. The SMILES string of the molecule is C[C@@H]1O[C@@H](OC[C@H]2O[C@@H](Oc3cc4c(O)cc(O)cc4[o+]c3-c3ccc(O)c(O)c3)[C@H](O)[C@@H](O)[C@@H]2O)[C@H](O)[C@H](O)[C@H]1O. The zero-order valence-electron chi connectivity index (χ0n) is 22.0. The second kappa shape index (κ2) is 11.6. The van der Waals surface area contributed by atoms with E-state index in [1.807, 2.05) is 0 Å². The number of aliphatic hydroxyl groups is 6. The van der Waals surface area contributed by atoms with Gasteiger partial charge in [-0.2, -0.15) is 0 Å². The first-order chi connectivity index (χ1) is 19.8. The molecule has 0 unspecified atom stereocenters. The normalized spacial score (nSPS) is 33.5. The number of phenols is 4. The van der Waals surface area contributed by atoms with E-state index in [4.69, 9.17) is 23.4 Å². The Balaban J connectivity index is 1.44. The Kier molecular flexibility index (Phi) is 8.30. The number of rotatable bonds is 6. The fourth-order valence-electron chi connectivity index (χ4n) is 4.76. The first kappa shape index (κ1) is 30.0. The van der Waals surface area contributed by atoms with E-state index >= 15 is 0 Å². The van der Waals surface area contributed by atoms with Crippen molar-refractivity contribution in [1.82, 2.24) is 0 Å². The summed E-state index contributed by atoms with van der Waals surface area (Å²) in [6, 6.07) is 7.22. The smallest absolute Gasteiger partial charge is 0.402 e. The number of ether oxygens (including phenoxy) is 4. The Morgan fingerprint density at radius 3 is 2.12 bits per heavy atom. The molecule has 0 bridgehead atoms. The Bertz CT molecular complexity index is 1430. The maximum Gasteiger partial charge on any atom is 0.402 e. The summed E-state index contributed by atoms with van der Waals surface area (Å²) in [4.78, 5) is 0. The van der Waals surface area contributed by atoms with Gasteiger partial charge in [-0.15, -0.1) is 0 Å². The van der Waals surface area contributed by atoms with Crippen molar-refractivity contribution in [2.45, 2.75) is 68.3 Å². The van der Waals surface area contributed by atoms with Gasteiger partial charge in [0.25, 0.3) is 0 Å². The second-order valence-electron chi connectivity index (χ2n) is 10.2. The summed E-state index contributed by atoms with van der Waals surface area (Å²) in [5.74, 6) is -1.92. The Hall–Kier alpha value is -3.51. The zero-order chi connectivity index (χ0) is 30.5. The van der Waals surface area contributed by atoms with Crippen LogP contribution in [0.4, 0.5) is 0 Å². The largest absolute Gasteiger partial charge is 0.507 e. The van der Waals surface area contributed by atoms with Gasteiger partial charge in [0.15, 0.2) is 17.8 Å². The van der Waals surface area contributed by atoms with Crippen LogP contribution in [0, 0.1) is 0 Å². The highest BCUT2D eigenvalue weighted by molar-refractivity contribution is 5.88. The summed E-state index contributed by atoms with van der Waals surface area (Å²) in [5.41, 5.74) is 0.163. The highest BCUT2D eigenvalue weighted by Gasteiger charge is 2.48. The molecule has 10 atom stereocenters. The number of fused-ring (bicyclic) bond motifs is 1. The molecule has 42 heavy (non-hydrogen) atoms. The maximum absolute atomic E-state index is 10.7. The van der Waals surface area contributed by atoms with E-state index in [1.165, 1.54) is 31.2 Å². The number of aliphatic hydroxyl groups excluding tert-OH is 6. The monoisotopic (exact) mass is 595 g/mol. The lowest BCUT2D eigenvalue weighted by molar-refractivity contribution is -0.318. The van der Waals surface area contributed by atoms with Crippen molar-refractivity contribution in [2.75, 3.05) is 6.61 Å². The molecule has 0 amide bonds. The van der Waals surface area contributed by atoms with Crippen LogP contribution in [0.25, 0.3) is 22.3 Å². The highest BCUT2D eigenvalue weighted by atomic mass is 16.7.